The van der Waals surface area contributed by atoms with Crippen LogP contribution in [0.4, 0.5) is 0 Å². The third-order valence-corrected chi connectivity index (χ3v) is 17.5. The van der Waals surface area contributed by atoms with Crippen LogP contribution < -0.4 is 0 Å². The topological polar surface area (TPSA) is 52.6 Å². The molecular formula is C24H22Br2O4. The van der Waals surface area contributed by atoms with Gasteiger partial charge in [-0.25, -0.2) is 0 Å². The van der Waals surface area contributed by atoms with E-state index in [1.807, 2.05) is 0 Å². The summed E-state index contributed by atoms with van der Waals surface area (Å²) in [6, 6.07) is 0. The Morgan fingerprint density at radius 2 is 0.767 bits per heavy atom. The number of hydrogen-bond donors (Lipinski definition) is 0. The summed E-state index contributed by atoms with van der Waals surface area (Å²) in [5.74, 6) is 9.88. The third kappa shape index (κ3) is 0.831. The Hall–Kier alpha value is -0.100. The third-order valence-electron chi connectivity index (χ3n) is 14.2. The average Bonchev–Trinajstić information content (AvgIpc) is 3.41. The van der Waals surface area contributed by atoms with E-state index in [4.69, 9.17) is 9.47 Å². The molecule has 0 N–H and O–H groups in total. The maximum absolute atomic E-state index is 12.6. The zero-order valence-corrected chi connectivity index (χ0v) is 19.8. The lowest BCUT2D eigenvalue weighted by Crippen LogP contribution is -2.59. The zero-order chi connectivity index (χ0) is 19.8. The van der Waals surface area contributed by atoms with E-state index < -0.39 is 0 Å². The molecule has 12 rings (SSSR count). The van der Waals surface area contributed by atoms with E-state index in [-0.39, 0.29) is 31.8 Å². The van der Waals surface area contributed by atoms with Crippen LogP contribution in [-0.4, -0.2) is 31.8 Å². The molecule has 0 aromatic rings. The summed E-state index contributed by atoms with van der Waals surface area (Å²) in [5, 5.41) is 0. The van der Waals surface area contributed by atoms with E-state index in [2.05, 4.69) is 31.9 Å². The molecule has 20 atom stereocenters. The Balaban J connectivity index is 1.34. The van der Waals surface area contributed by atoms with Crippen LogP contribution in [0, 0.1) is 94.7 Å². The fourth-order valence-corrected chi connectivity index (χ4v) is 19.7. The van der Waals surface area contributed by atoms with Gasteiger partial charge in [-0.1, -0.05) is 31.9 Å². The molecule has 12 saturated carbocycles. The number of rotatable bonds is 2. The number of carbonyl (C=O) groups excluding carboxylic acids is 2. The number of alkyl halides is 2. The first-order valence-electron chi connectivity index (χ1n) is 12.1. The Morgan fingerprint density at radius 3 is 1.03 bits per heavy atom. The lowest BCUT2D eigenvalue weighted by molar-refractivity contribution is -0.173. The second-order valence-corrected chi connectivity index (χ2v) is 15.8. The standard InChI is InChI=1S/C24H22Br2O4/c1-3(27)29-23-17-7-9-15-5-6-14(21(23,25)13(5)7)8-10-16(6)22(15,26)24(30-4(2)28)19(9)11(17)12(18(8)23)20(10)24/h5-20H,1-2H3/t5?,6?,7-,8-,9-,10-,11?,12?,13-,14+,15+,16-,17-,18+,19+,20-,21?,22?,23?,24?/m0/s1. The number of carbonyl (C=O) groups is 2. The first-order chi connectivity index (χ1) is 14.3. The highest BCUT2D eigenvalue weighted by Crippen LogP contribution is 3.06. The molecule has 12 aliphatic carbocycles. The van der Waals surface area contributed by atoms with E-state index in [0.29, 0.717) is 82.9 Å². The van der Waals surface area contributed by atoms with E-state index in [1.165, 1.54) is 0 Å². The van der Waals surface area contributed by atoms with Crippen LogP contribution in [0.3, 0.4) is 0 Å². The molecule has 6 heteroatoms. The average molecular weight is 534 g/mol. The number of esters is 2. The number of ether oxygens (including phenoxy) is 2. The zero-order valence-electron chi connectivity index (χ0n) is 16.6. The quantitative estimate of drug-likeness (QED) is 0.404. The van der Waals surface area contributed by atoms with Gasteiger partial charge in [-0.05, 0) is 71.0 Å². The second kappa shape index (κ2) is 3.52. The summed E-state index contributed by atoms with van der Waals surface area (Å²) >= 11 is 8.99. The minimum absolute atomic E-state index is 0.0295. The fraction of sp³-hybridized carbons (Fsp3) is 0.917. The lowest BCUT2D eigenvalue weighted by Gasteiger charge is -2.48. The van der Waals surface area contributed by atoms with Crippen molar-refractivity contribution in [1.82, 2.24) is 0 Å². The summed E-state index contributed by atoms with van der Waals surface area (Å²) in [7, 11) is 0. The summed E-state index contributed by atoms with van der Waals surface area (Å²) in [6.45, 7) is 3.28. The molecule has 0 bridgehead atoms. The van der Waals surface area contributed by atoms with Crippen molar-refractivity contribution in [3.63, 3.8) is 0 Å². The molecule has 4 nitrogen and oxygen atoms in total. The molecule has 12 fully saturated rings. The van der Waals surface area contributed by atoms with Crippen molar-refractivity contribution in [3.8, 4) is 0 Å². The molecule has 0 spiro atoms. The van der Waals surface area contributed by atoms with E-state index in [1.54, 1.807) is 13.8 Å². The Labute approximate surface area is 190 Å². The van der Waals surface area contributed by atoms with Gasteiger partial charge in [0.2, 0.25) is 0 Å². The van der Waals surface area contributed by atoms with E-state index in [9.17, 15) is 9.59 Å². The van der Waals surface area contributed by atoms with Crippen molar-refractivity contribution < 1.29 is 19.1 Å². The highest BCUT2D eigenvalue weighted by atomic mass is 79.9. The van der Waals surface area contributed by atoms with Gasteiger partial charge in [0.05, 0.1) is 8.65 Å². The van der Waals surface area contributed by atoms with Crippen LogP contribution in [-0.2, 0) is 19.1 Å². The Bertz CT molecular complexity index is 978. The fourth-order valence-electron chi connectivity index (χ4n) is 16.1. The van der Waals surface area contributed by atoms with Gasteiger partial charge in [0.1, 0.15) is 11.2 Å². The molecule has 0 aliphatic heterocycles. The van der Waals surface area contributed by atoms with Crippen molar-refractivity contribution in [3.05, 3.63) is 0 Å². The first kappa shape index (κ1) is 15.7. The summed E-state index contributed by atoms with van der Waals surface area (Å²) in [4.78, 5) is 25.2. The predicted molar refractivity (Wildman–Crippen MR) is 108 cm³/mol. The van der Waals surface area contributed by atoms with Crippen LogP contribution in [0.1, 0.15) is 13.8 Å². The van der Waals surface area contributed by atoms with E-state index >= 15 is 0 Å². The molecule has 0 saturated heterocycles. The van der Waals surface area contributed by atoms with Gasteiger partial charge in [0.25, 0.3) is 0 Å². The highest BCUT2D eigenvalue weighted by molar-refractivity contribution is 9.10. The van der Waals surface area contributed by atoms with Gasteiger partial charge in [-0.15, -0.1) is 0 Å². The van der Waals surface area contributed by atoms with Crippen LogP contribution >= 0.6 is 31.9 Å². The number of hydrogen-bond acceptors (Lipinski definition) is 4. The van der Waals surface area contributed by atoms with Gasteiger partial charge < -0.3 is 9.47 Å². The van der Waals surface area contributed by atoms with Gasteiger partial charge in [-0.3, -0.25) is 9.59 Å². The van der Waals surface area contributed by atoms with Gasteiger partial charge in [0, 0.05) is 37.5 Å². The normalized spacial score (nSPS) is 85.5. The molecular weight excluding hydrogens is 512 g/mol. The molecule has 0 radical (unpaired) electrons. The smallest absolute Gasteiger partial charge is 0.303 e. The minimum atomic E-state index is -0.270. The Morgan fingerprint density at radius 1 is 0.533 bits per heavy atom. The van der Waals surface area contributed by atoms with Crippen molar-refractivity contribution >= 4 is 43.8 Å². The maximum atomic E-state index is 12.6. The van der Waals surface area contributed by atoms with Gasteiger partial charge in [-0.2, -0.15) is 0 Å². The molecule has 156 valence electrons. The molecule has 30 heavy (non-hydrogen) atoms. The number of halogens is 2. The Kier molecular flexibility index (Phi) is 1.84. The van der Waals surface area contributed by atoms with Crippen LogP contribution in [0.25, 0.3) is 0 Å². The minimum Gasteiger partial charge on any atom is -0.457 e. The highest BCUT2D eigenvalue weighted by Gasteiger charge is 3.11. The molecule has 0 aromatic heterocycles. The van der Waals surface area contributed by atoms with Crippen molar-refractivity contribution in [2.24, 2.45) is 94.7 Å². The summed E-state index contributed by atoms with van der Waals surface area (Å²) in [6.07, 6.45) is 0. The van der Waals surface area contributed by atoms with Gasteiger partial charge in [0.15, 0.2) is 0 Å². The molecule has 12 aliphatic rings. The molecule has 0 heterocycles. The lowest BCUT2D eigenvalue weighted by atomic mass is 9.72. The maximum Gasteiger partial charge on any atom is 0.303 e. The molecule has 0 amide bonds. The second-order valence-electron chi connectivity index (χ2n) is 13.1. The molecule has 8 unspecified atom stereocenters. The van der Waals surface area contributed by atoms with Crippen molar-refractivity contribution in [1.29, 1.82) is 0 Å². The van der Waals surface area contributed by atoms with Crippen LogP contribution in [0.5, 0.6) is 0 Å². The van der Waals surface area contributed by atoms with Crippen LogP contribution in [0.15, 0.2) is 0 Å². The summed E-state index contributed by atoms with van der Waals surface area (Å²) < 4.78 is 13.4. The van der Waals surface area contributed by atoms with E-state index in [0.717, 1.165) is 11.8 Å². The largest absolute Gasteiger partial charge is 0.457 e. The first-order valence-corrected chi connectivity index (χ1v) is 13.7. The monoisotopic (exact) mass is 532 g/mol. The SMILES string of the molecule is CC(=O)OC12[C@@H]3C4C5[C@@H]6[C@H]7[C@@H]([C@H]8C9C%10[C@@H]%11[C@H]([C@H]3[C@H]%10C81Br)[C@H]4C6(OC(C)=O)C%11(Br)[C@@H]97)[C@H]52. The predicted octanol–water partition coefficient (Wildman–Crippen LogP) is 2.87. The van der Waals surface area contributed by atoms with Crippen molar-refractivity contribution in [2.45, 2.75) is 33.7 Å². The van der Waals surface area contributed by atoms with Gasteiger partial charge >= 0.3 is 11.9 Å². The summed E-state index contributed by atoms with van der Waals surface area (Å²) in [5.41, 5.74) is -0.540. The molecule has 0 aromatic carbocycles. The van der Waals surface area contributed by atoms with Crippen LogP contribution in [0.2, 0.25) is 0 Å². The van der Waals surface area contributed by atoms with Crippen molar-refractivity contribution in [2.75, 3.05) is 0 Å².